The van der Waals surface area contributed by atoms with Gasteiger partial charge in [-0.1, -0.05) is 19.8 Å². The number of unbranched alkanes of at least 4 members (excludes halogenated alkanes) is 2. The van der Waals surface area contributed by atoms with Crippen molar-refractivity contribution in [2.24, 2.45) is 4.99 Å². The molecule has 0 radical (unpaired) electrons. The molecule has 4 nitrogen and oxygen atoms in total. The number of aliphatic hydroxyl groups is 1. The lowest BCUT2D eigenvalue weighted by molar-refractivity contribution is 0.188. The molecule has 94 valence electrons. The summed E-state index contributed by atoms with van der Waals surface area (Å²) in [5.41, 5.74) is 0. The first kappa shape index (κ1) is 13.3. The number of nitrogens with one attached hydrogen (secondary N) is 1. The number of aliphatic imine (C=N–C) groups is 1. The largest absolute Gasteiger partial charge is 0.391 e. The third kappa shape index (κ3) is 4.39. The molecule has 0 aromatic rings. The minimum Gasteiger partial charge on any atom is -0.391 e. The maximum absolute atomic E-state index is 9.50. The molecule has 0 aromatic carbocycles. The molecule has 2 N–H and O–H groups in total. The van der Waals surface area contributed by atoms with Gasteiger partial charge in [0.15, 0.2) is 5.96 Å². The zero-order valence-corrected chi connectivity index (χ0v) is 10.6. The molecule has 4 heteroatoms. The Balaban J connectivity index is 2.39. The predicted octanol–water partition coefficient (Wildman–Crippen LogP) is 1.21. The van der Waals surface area contributed by atoms with Gasteiger partial charge in [-0.15, -0.1) is 0 Å². The first-order chi connectivity index (χ1) is 7.77. The summed E-state index contributed by atoms with van der Waals surface area (Å²) in [6.45, 7) is 7.70. The van der Waals surface area contributed by atoms with Gasteiger partial charge in [0.2, 0.25) is 0 Å². The highest BCUT2D eigenvalue weighted by molar-refractivity contribution is 5.80. The third-order valence-electron chi connectivity index (χ3n) is 2.82. The molecule has 1 rings (SSSR count). The molecule has 1 aliphatic rings. The Hall–Kier alpha value is -0.770. The molecule has 0 unspecified atom stereocenters. The van der Waals surface area contributed by atoms with E-state index in [1.807, 2.05) is 0 Å². The Morgan fingerprint density at radius 2 is 2.25 bits per heavy atom. The lowest BCUT2D eigenvalue weighted by Gasteiger charge is -2.20. The van der Waals surface area contributed by atoms with Crippen LogP contribution in [0.1, 0.15) is 39.5 Å². The van der Waals surface area contributed by atoms with Gasteiger partial charge >= 0.3 is 0 Å². The summed E-state index contributed by atoms with van der Waals surface area (Å²) in [6.07, 6.45) is 4.31. The first-order valence-electron chi connectivity index (χ1n) is 6.49. The van der Waals surface area contributed by atoms with Crippen molar-refractivity contribution in [2.45, 2.75) is 45.6 Å². The predicted molar refractivity (Wildman–Crippen MR) is 67.7 cm³/mol. The van der Waals surface area contributed by atoms with Crippen LogP contribution in [-0.4, -0.2) is 48.2 Å². The fraction of sp³-hybridized carbons (Fsp3) is 0.917. The van der Waals surface area contributed by atoms with Crippen molar-refractivity contribution in [3.63, 3.8) is 0 Å². The highest BCUT2D eigenvalue weighted by Gasteiger charge is 2.22. The summed E-state index contributed by atoms with van der Waals surface area (Å²) in [5, 5.41) is 12.8. The van der Waals surface area contributed by atoms with Gasteiger partial charge in [-0.05, 0) is 19.8 Å². The molecular formula is C12H25N3O. The van der Waals surface area contributed by atoms with E-state index >= 15 is 0 Å². The molecule has 1 atom stereocenters. The smallest absolute Gasteiger partial charge is 0.194 e. The molecule has 0 spiro atoms. The number of nitrogens with zero attached hydrogens (tertiary/aromatic N) is 2. The quantitative estimate of drug-likeness (QED) is 0.421. The van der Waals surface area contributed by atoms with Crippen LogP contribution in [0, 0.1) is 0 Å². The molecule has 1 saturated heterocycles. The molecule has 16 heavy (non-hydrogen) atoms. The van der Waals surface area contributed by atoms with Gasteiger partial charge in [-0.3, -0.25) is 4.99 Å². The van der Waals surface area contributed by atoms with E-state index in [2.05, 4.69) is 29.1 Å². The second kappa shape index (κ2) is 7.49. The van der Waals surface area contributed by atoms with Crippen molar-refractivity contribution in [2.75, 3.05) is 26.2 Å². The summed E-state index contributed by atoms with van der Waals surface area (Å²) in [5.74, 6) is 0.968. The topological polar surface area (TPSA) is 47.9 Å². The minimum atomic E-state index is -0.181. The van der Waals surface area contributed by atoms with Gasteiger partial charge in [0.05, 0.1) is 6.10 Å². The maximum Gasteiger partial charge on any atom is 0.194 e. The van der Waals surface area contributed by atoms with Crippen molar-refractivity contribution in [1.82, 2.24) is 10.2 Å². The van der Waals surface area contributed by atoms with Crippen molar-refractivity contribution in [3.8, 4) is 0 Å². The SMILES string of the molecule is CCCCCN=C(NCC)N1CC[C@@H](O)C1. The van der Waals surface area contributed by atoms with Crippen LogP contribution in [0.3, 0.4) is 0 Å². The monoisotopic (exact) mass is 227 g/mol. The molecule has 0 aromatic heterocycles. The molecule has 1 heterocycles. The number of hydrogen-bond acceptors (Lipinski definition) is 2. The number of likely N-dealkylation sites (tertiary alicyclic amines) is 1. The number of β-amino-alcohol motifs (C(OH)–C–C–N with tert-alkyl or cyclic N) is 1. The van der Waals surface area contributed by atoms with Crippen LogP contribution in [0.25, 0.3) is 0 Å². The van der Waals surface area contributed by atoms with Crippen LogP contribution >= 0.6 is 0 Å². The Bertz CT molecular complexity index is 218. The average molecular weight is 227 g/mol. The van der Waals surface area contributed by atoms with E-state index in [9.17, 15) is 5.11 Å². The summed E-state index contributed by atoms with van der Waals surface area (Å²) >= 11 is 0. The van der Waals surface area contributed by atoms with E-state index in [0.29, 0.717) is 0 Å². The first-order valence-corrected chi connectivity index (χ1v) is 6.49. The van der Waals surface area contributed by atoms with Crippen LogP contribution in [0.15, 0.2) is 4.99 Å². The van der Waals surface area contributed by atoms with Crippen molar-refractivity contribution >= 4 is 5.96 Å². The van der Waals surface area contributed by atoms with Gasteiger partial charge in [0, 0.05) is 26.2 Å². The Kier molecular flexibility index (Phi) is 6.23. The highest BCUT2D eigenvalue weighted by Crippen LogP contribution is 2.08. The molecule has 0 saturated carbocycles. The summed E-state index contributed by atoms with van der Waals surface area (Å²) in [6, 6.07) is 0. The molecule has 0 bridgehead atoms. The summed E-state index contributed by atoms with van der Waals surface area (Å²) < 4.78 is 0. The van der Waals surface area contributed by atoms with Crippen LogP contribution in [0.2, 0.25) is 0 Å². The lowest BCUT2D eigenvalue weighted by atomic mass is 10.2. The van der Waals surface area contributed by atoms with Gasteiger partial charge in [0.1, 0.15) is 0 Å². The van der Waals surface area contributed by atoms with Crippen LogP contribution in [0.5, 0.6) is 0 Å². The van der Waals surface area contributed by atoms with Crippen LogP contribution in [0.4, 0.5) is 0 Å². The lowest BCUT2D eigenvalue weighted by Crippen LogP contribution is -2.40. The normalized spacial score (nSPS) is 21.6. The zero-order chi connectivity index (χ0) is 11.8. The van der Waals surface area contributed by atoms with Crippen LogP contribution < -0.4 is 5.32 Å². The highest BCUT2D eigenvalue weighted by atomic mass is 16.3. The van der Waals surface area contributed by atoms with Crippen LogP contribution in [-0.2, 0) is 0 Å². The van der Waals surface area contributed by atoms with E-state index in [-0.39, 0.29) is 6.10 Å². The fourth-order valence-electron chi connectivity index (χ4n) is 1.91. The van der Waals surface area contributed by atoms with E-state index in [0.717, 1.165) is 45.0 Å². The van der Waals surface area contributed by atoms with Crippen molar-refractivity contribution in [1.29, 1.82) is 0 Å². The number of aliphatic hydroxyl groups excluding tert-OH is 1. The van der Waals surface area contributed by atoms with Crippen molar-refractivity contribution < 1.29 is 5.11 Å². The Labute approximate surface area is 98.7 Å². The second-order valence-electron chi connectivity index (χ2n) is 4.33. The number of rotatable bonds is 5. The van der Waals surface area contributed by atoms with E-state index in [1.54, 1.807) is 0 Å². The summed E-state index contributed by atoms with van der Waals surface area (Å²) in [4.78, 5) is 6.74. The van der Waals surface area contributed by atoms with Crippen molar-refractivity contribution in [3.05, 3.63) is 0 Å². The second-order valence-corrected chi connectivity index (χ2v) is 4.33. The van der Waals surface area contributed by atoms with E-state index in [1.165, 1.54) is 12.8 Å². The van der Waals surface area contributed by atoms with Gasteiger partial charge in [-0.2, -0.15) is 0 Å². The Morgan fingerprint density at radius 3 is 2.81 bits per heavy atom. The average Bonchev–Trinajstić information content (AvgIpc) is 2.69. The minimum absolute atomic E-state index is 0.181. The number of guanidine groups is 1. The fourth-order valence-corrected chi connectivity index (χ4v) is 1.91. The molecular weight excluding hydrogens is 202 g/mol. The Morgan fingerprint density at radius 1 is 1.44 bits per heavy atom. The molecule has 0 amide bonds. The third-order valence-corrected chi connectivity index (χ3v) is 2.82. The molecule has 1 fully saturated rings. The van der Waals surface area contributed by atoms with Gasteiger partial charge in [-0.25, -0.2) is 0 Å². The van der Waals surface area contributed by atoms with Gasteiger partial charge in [0.25, 0.3) is 0 Å². The van der Waals surface area contributed by atoms with E-state index in [4.69, 9.17) is 0 Å². The molecule has 1 aliphatic heterocycles. The molecule has 0 aliphatic carbocycles. The maximum atomic E-state index is 9.50. The van der Waals surface area contributed by atoms with E-state index < -0.39 is 0 Å². The zero-order valence-electron chi connectivity index (χ0n) is 10.6. The summed E-state index contributed by atoms with van der Waals surface area (Å²) in [7, 11) is 0. The van der Waals surface area contributed by atoms with Gasteiger partial charge < -0.3 is 15.3 Å². The number of hydrogen-bond donors (Lipinski definition) is 2. The standard InChI is InChI=1S/C12H25N3O/c1-3-5-6-8-14-12(13-4-2)15-9-7-11(16)10-15/h11,16H,3-10H2,1-2H3,(H,13,14)/t11-/m1/s1.